The number of ether oxygens (including phenoxy) is 1. The van der Waals surface area contributed by atoms with Crippen molar-refractivity contribution in [3.8, 4) is 0 Å². The Morgan fingerprint density at radius 2 is 2.21 bits per heavy atom. The highest BCUT2D eigenvalue weighted by atomic mass is 19.1. The largest absolute Gasteiger partial charge is 0.478 e. The van der Waals surface area contributed by atoms with Crippen LogP contribution in [0.4, 0.5) is 10.1 Å². The number of aromatic carboxylic acids is 1. The summed E-state index contributed by atoms with van der Waals surface area (Å²) >= 11 is 0. The summed E-state index contributed by atoms with van der Waals surface area (Å²) in [7, 11) is 1.59. The molecule has 106 valence electrons. The van der Waals surface area contributed by atoms with E-state index in [1.165, 1.54) is 12.1 Å². The van der Waals surface area contributed by atoms with Crippen LogP contribution < -0.4 is 4.90 Å². The maximum Gasteiger partial charge on any atom is 0.337 e. The molecule has 1 atom stereocenters. The lowest BCUT2D eigenvalue weighted by atomic mass is 10.1. The first-order valence-corrected chi connectivity index (χ1v) is 6.29. The molecule has 5 heteroatoms. The number of halogens is 1. The van der Waals surface area contributed by atoms with Crippen molar-refractivity contribution >= 4 is 11.7 Å². The van der Waals surface area contributed by atoms with Crippen molar-refractivity contribution in [3.63, 3.8) is 0 Å². The standard InChI is InChI=1S/C14H20FNO3/c1-4-10(2)16(7-8-19-3)13-6-5-11(15)9-12(13)14(17)18/h5-6,9-10H,4,7-8H2,1-3H3,(H,17,18). The van der Waals surface area contributed by atoms with Crippen molar-refractivity contribution in [1.82, 2.24) is 0 Å². The van der Waals surface area contributed by atoms with E-state index in [0.717, 1.165) is 12.5 Å². The normalized spacial score (nSPS) is 12.2. The molecule has 0 radical (unpaired) electrons. The molecule has 0 saturated carbocycles. The number of benzene rings is 1. The highest BCUT2D eigenvalue weighted by Gasteiger charge is 2.20. The lowest BCUT2D eigenvalue weighted by molar-refractivity contribution is 0.0696. The molecule has 0 saturated heterocycles. The summed E-state index contributed by atoms with van der Waals surface area (Å²) in [5, 5.41) is 9.19. The molecule has 0 aliphatic heterocycles. The number of methoxy groups -OCH3 is 1. The van der Waals surface area contributed by atoms with Gasteiger partial charge in [0.1, 0.15) is 5.82 Å². The first-order chi connectivity index (χ1) is 9.01. The van der Waals surface area contributed by atoms with Gasteiger partial charge in [-0.15, -0.1) is 0 Å². The molecule has 1 N–H and O–H groups in total. The maximum atomic E-state index is 13.2. The second kappa shape index (κ2) is 7.09. The number of carboxylic acids is 1. The van der Waals surface area contributed by atoms with Gasteiger partial charge in [0.2, 0.25) is 0 Å². The minimum Gasteiger partial charge on any atom is -0.478 e. The molecule has 0 aliphatic rings. The third kappa shape index (κ3) is 3.92. The number of carbonyl (C=O) groups is 1. The molecule has 0 bridgehead atoms. The van der Waals surface area contributed by atoms with Gasteiger partial charge >= 0.3 is 5.97 Å². The highest BCUT2D eigenvalue weighted by molar-refractivity contribution is 5.94. The molecule has 1 unspecified atom stereocenters. The van der Waals surface area contributed by atoms with E-state index < -0.39 is 11.8 Å². The highest BCUT2D eigenvalue weighted by Crippen LogP contribution is 2.24. The van der Waals surface area contributed by atoms with Crippen LogP contribution in [0.3, 0.4) is 0 Å². The van der Waals surface area contributed by atoms with E-state index in [9.17, 15) is 14.3 Å². The second-order valence-corrected chi connectivity index (χ2v) is 4.41. The monoisotopic (exact) mass is 269 g/mol. The SMILES string of the molecule is CCC(C)N(CCOC)c1ccc(F)cc1C(=O)O. The Kier molecular flexibility index (Phi) is 5.76. The molecule has 19 heavy (non-hydrogen) atoms. The Hall–Kier alpha value is -1.62. The van der Waals surface area contributed by atoms with Crippen LogP contribution in [0.5, 0.6) is 0 Å². The van der Waals surface area contributed by atoms with E-state index in [4.69, 9.17) is 4.74 Å². The van der Waals surface area contributed by atoms with Crippen LogP contribution in [0, 0.1) is 5.82 Å². The molecular formula is C14H20FNO3. The van der Waals surface area contributed by atoms with Crippen LogP contribution in [0.1, 0.15) is 30.6 Å². The van der Waals surface area contributed by atoms with Crippen molar-refractivity contribution in [2.24, 2.45) is 0 Å². The molecule has 0 heterocycles. The number of rotatable bonds is 7. The second-order valence-electron chi connectivity index (χ2n) is 4.41. The Morgan fingerprint density at radius 3 is 2.74 bits per heavy atom. The van der Waals surface area contributed by atoms with Gasteiger partial charge in [-0.05, 0) is 31.5 Å². The molecule has 0 amide bonds. The average Bonchev–Trinajstić information content (AvgIpc) is 2.39. The minimum absolute atomic E-state index is 0.0172. The average molecular weight is 269 g/mol. The van der Waals surface area contributed by atoms with Crippen LogP contribution in [0.25, 0.3) is 0 Å². The summed E-state index contributed by atoms with van der Waals surface area (Å²) < 4.78 is 18.2. The molecule has 1 aromatic rings. The summed E-state index contributed by atoms with van der Waals surface area (Å²) in [5.41, 5.74) is 0.511. The molecule has 0 aliphatic carbocycles. The first kappa shape index (κ1) is 15.4. The predicted octanol–water partition coefficient (Wildman–Crippen LogP) is 2.78. The Labute approximate surface area is 112 Å². The van der Waals surface area contributed by atoms with Gasteiger partial charge in [-0.3, -0.25) is 0 Å². The first-order valence-electron chi connectivity index (χ1n) is 6.29. The molecule has 0 fully saturated rings. The zero-order valence-electron chi connectivity index (χ0n) is 11.5. The fourth-order valence-corrected chi connectivity index (χ4v) is 1.92. The molecule has 0 aromatic heterocycles. The Balaban J connectivity index is 3.17. The van der Waals surface area contributed by atoms with Gasteiger partial charge < -0.3 is 14.7 Å². The van der Waals surface area contributed by atoms with E-state index in [1.54, 1.807) is 7.11 Å². The van der Waals surface area contributed by atoms with Crippen LogP contribution in [-0.2, 0) is 4.74 Å². The van der Waals surface area contributed by atoms with E-state index in [2.05, 4.69) is 0 Å². The smallest absolute Gasteiger partial charge is 0.337 e. The van der Waals surface area contributed by atoms with E-state index in [1.807, 2.05) is 18.7 Å². The third-order valence-electron chi connectivity index (χ3n) is 3.16. The van der Waals surface area contributed by atoms with Crippen molar-refractivity contribution in [2.75, 3.05) is 25.2 Å². The number of nitrogens with zero attached hydrogens (tertiary/aromatic N) is 1. The van der Waals surface area contributed by atoms with Crippen molar-refractivity contribution in [1.29, 1.82) is 0 Å². The number of hydrogen-bond donors (Lipinski definition) is 1. The minimum atomic E-state index is -1.12. The fourth-order valence-electron chi connectivity index (χ4n) is 1.92. The summed E-state index contributed by atoms with van der Waals surface area (Å²) in [6, 6.07) is 4.00. The topological polar surface area (TPSA) is 49.8 Å². The lowest BCUT2D eigenvalue weighted by Gasteiger charge is -2.31. The molecule has 4 nitrogen and oxygen atoms in total. The van der Waals surface area contributed by atoms with Gasteiger partial charge in [-0.2, -0.15) is 0 Å². The van der Waals surface area contributed by atoms with Gasteiger partial charge in [0.25, 0.3) is 0 Å². The number of hydrogen-bond acceptors (Lipinski definition) is 3. The van der Waals surface area contributed by atoms with Gasteiger partial charge in [-0.25, -0.2) is 9.18 Å². The van der Waals surface area contributed by atoms with E-state index in [0.29, 0.717) is 18.8 Å². The Morgan fingerprint density at radius 1 is 1.53 bits per heavy atom. The zero-order chi connectivity index (χ0) is 14.4. The van der Waals surface area contributed by atoms with E-state index in [-0.39, 0.29) is 11.6 Å². The predicted molar refractivity (Wildman–Crippen MR) is 72.3 cm³/mol. The maximum absolute atomic E-state index is 13.2. The molecule has 1 rings (SSSR count). The zero-order valence-corrected chi connectivity index (χ0v) is 11.5. The molecule has 0 spiro atoms. The van der Waals surface area contributed by atoms with Crippen LogP contribution in [-0.4, -0.2) is 37.4 Å². The fraction of sp³-hybridized carbons (Fsp3) is 0.500. The summed E-state index contributed by atoms with van der Waals surface area (Å²) in [6.45, 7) is 5.08. The quantitative estimate of drug-likeness (QED) is 0.827. The van der Waals surface area contributed by atoms with Gasteiger partial charge in [-0.1, -0.05) is 6.92 Å². The van der Waals surface area contributed by atoms with Crippen molar-refractivity contribution < 1.29 is 19.0 Å². The van der Waals surface area contributed by atoms with Gasteiger partial charge in [0, 0.05) is 19.7 Å². The van der Waals surface area contributed by atoms with Crippen LogP contribution in [0.15, 0.2) is 18.2 Å². The van der Waals surface area contributed by atoms with Crippen LogP contribution >= 0.6 is 0 Å². The van der Waals surface area contributed by atoms with Crippen LogP contribution in [0.2, 0.25) is 0 Å². The third-order valence-corrected chi connectivity index (χ3v) is 3.16. The Bertz CT molecular complexity index is 437. The summed E-state index contributed by atoms with van der Waals surface area (Å²) in [4.78, 5) is 13.2. The summed E-state index contributed by atoms with van der Waals surface area (Å²) in [5.74, 6) is -1.67. The molecule has 1 aromatic carbocycles. The molecular weight excluding hydrogens is 249 g/mol. The van der Waals surface area contributed by atoms with Crippen molar-refractivity contribution in [3.05, 3.63) is 29.6 Å². The number of anilines is 1. The lowest BCUT2D eigenvalue weighted by Crippen LogP contribution is -2.36. The number of carboxylic acid groups (broad SMARTS) is 1. The van der Waals surface area contributed by atoms with Crippen molar-refractivity contribution in [2.45, 2.75) is 26.3 Å². The van der Waals surface area contributed by atoms with E-state index >= 15 is 0 Å². The summed E-state index contributed by atoms with van der Waals surface area (Å²) in [6.07, 6.45) is 0.861. The van der Waals surface area contributed by atoms with Gasteiger partial charge in [0.15, 0.2) is 0 Å². The van der Waals surface area contributed by atoms with Gasteiger partial charge in [0.05, 0.1) is 17.9 Å².